The van der Waals surface area contributed by atoms with Gasteiger partial charge in [0.2, 0.25) is 11.8 Å². The van der Waals surface area contributed by atoms with Crippen LogP contribution in [0.2, 0.25) is 0 Å². The van der Waals surface area contributed by atoms with Gasteiger partial charge < -0.3 is 10.6 Å². The molecule has 0 aromatic heterocycles. The first kappa shape index (κ1) is 18.0. The fraction of sp³-hybridized carbons (Fsp3) is 0.429. The zero-order valence-corrected chi connectivity index (χ0v) is 12.3. The van der Waals surface area contributed by atoms with Crippen molar-refractivity contribution in [3.05, 3.63) is 29.8 Å². The molecule has 0 radical (unpaired) electrons. The smallest absolute Gasteiger partial charge is 0.346 e. The summed E-state index contributed by atoms with van der Waals surface area (Å²) in [6, 6.07) is 7.15. The lowest BCUT2D eigenvalue weighted by Crippen LogP contribution is -2.41. The topological polar surface area (TPSA) is 61.4 Å². The van der Waals surface area contributed by atoms with Crippen molar-refractivity contribution in [1.29, 1.82) is 0 Å². The maximum absolute atomic E-state index is 11.9. The van der Waals surface area contributed by atoms with Gasteiger partial charge in [-0.15, -0.1) is 0 Å². The standard InChI is InChI=1S/C14H18F3N3O2/c1-10-3-5-11(6-4-10)19-13(22)8-20(2)7-12(21)18-9-14(15,16)17/h3-6H,7-9H2,1-2H3,(H,18,21)(H,19,22). The Balaban J connectivity index is 2.34. The van der Waals surface area contributed by atoms with Crippen molar-refractivity contribution in [2.75, 3.05) is 32.0 Å². The van der Waals surface area contributed by atoms with Gasteiger partial charge in [-0.1, -0.05) is 17.7 Å². The number of aryl methyl sites for hydroxylation is 1. The normalized spacial score (nSPS) is 11.4. The van der Waals surface area contributed by atoms with Gasteiger partial charge in [-0.25, -0.2) is 0 Å². The summed E-state index contributed by atoms with van der Waals surface area (Å²) >= 11 is 0. The molecule has 0 saturated heterocycles. The van der Waals surface area contributed by atoms with Gasteiger partial charge in [0.25, 0.3) is 0 Å². The second-order valence-electron chi connectivity index (χ2n) is 4.98. The number of hydrogen-bond donors (Lipinski definition) is 2. The van der Waals surface area contributed by atoms with E-state index in [-0.39, 0.29) is 19.0 Å². The molecule has 0 fully saturated rings. The third-order valence-electron chi connectivity index (χ3n) is 2.65. The highest BCUT2D eigenvalue weighted by atomic mass is 19.4. The van der Waals surface area contributed by atoms with E-state index in [0.29, 0.717) is 5.69 Å². The molecule has 0 aliphatic carbocycles. The van der Waals surface area contributed by atoms with Crippen molar-refractivity contribution < 1.29 is 22.8 Å². The van der Waals surface area contributed by atoms with Crippen LogP contribution in [0.1, 0.15) is 5.56 Å². The van der Waals surface area contributed by atoms with E-state index in [1.807, 2.05) is 19.1 Å². The molecule has 2 N–H and O–H groups in total. The summed E-state index contributed by atoms with van der Waals surface area (Å²) < 4.78 is 35.8. The number of alkyl halides is 3. The Kier molecular flexibility index (Phi) is 6.36. The van der Waals surface area contributed by atoms with E-state index >= 15 is 0 Å². The summed E-state index contributed by atoms with van der Waals surface area (Å²) in [6.45, 7) is 0.138. The lowest BCUT2D eigenvalue weighted by atomic mass is 10.2. The van der Waals surface area contributed by atoms with Gasteiger partial charge in [-0.05, 0) is 26.1 Å². The number of nitrogens with one attached hydrogen (secondary N) is 2. The third-order valence-corrected chi connectivity index (χ3v) is 2.65. The molecule has 8 heteroatoms. The molecule has 5 nitrogen and oxygen atoms in total. The molecule has 1 rings (SSSR count). The number of rotatable bonds is 6. The molecule has 22 heavy (non-hydrogen) atoms. The predicted molar refractivity (Wildman–Crippen MR) is 76.4 cm³/mol. The van der Waals surface area contributed by atoms with Crippen LogP contribution in [0.25, 0.3) is 0 Å². The number of anilines is 1. The number of amides is 2. The Bertz CT molecular complexity index is 515. The minimum Gasteiger partial charge on any atom is -0.346 e. The molecule has 0 unspecified atom stereocenters. The second kappa shape index (κ2) is 7.79. The minimum absolute atomic E-state index is 0.104. The molecule has 122 valence electrons. The first-order chi connectivity index (χ1) is 10.2. The Labute approximate surface area is 126 Å². The number of likely N-dealkylation sites (N-methyl/N-ethyl adjacent to an activating group) is 1. The maximum atomic E-state index is 11.9. The average molecular weight is 317 g/mol. The molecule has 0 spiro atoms. The fourth-order valence-corrected chi connectivity index (χ4v) is 1.64. The molecular formula is C14H18F3N3O2. The summed E-state index contributed by atoms with van der Waals surface area (Å²) in [7, 11) is 1.47. The van der Waals surface area contributed by atoms with E-state index < -0.39 is 18.6 Å². The summed E-state index contributed by atoms with van der Waals surface area (Å²) in [5, 5.41) is 4.38. The number of nitrogens with zero attached hydrogens (tertiary/aromatic N) is 1. The molecule has 0 aliphatic heterocycles. The van der Waals surface area contributed by atoms with Gasteiger partial charge in [0.15, 0.2) is 0 Å². The molecular weight excluding hydrogens is 299 g/mol. The van der Waals surface area contributed by atoms with E-state index in [9.17, 15) is 22.8 Å². The molecule has 1 aromatic carbocycles. The van der Waals surface area contributed by atoms with Crippen molar-refractivity contribution >= 4 is 17.5 Å². The number of halogens is 3. The quantitative estimate of drug-likeness (QED) is 0.837. The second-order valence-corrected chi connectivity index (χ2v) is 4.98. The highest BCUT2D eigenvalue weighted by Gasteiger charge is 2.27. The Morgan fingerprint density at radius 1 is 1.09 bits per heavy atom. The molecule has 2 amide bonds. The van der Waals surface area contributed by atoms with Crippen LogP contribution in [0.5, 0.6) is 0 Å². The van der Waals surface area contributed by atoms with Crippen molar-refractivity contribution in [3.8, 4) is 0 Å². The van der Waals surface area contributed by atoms with Crippen LogP contribution in [-0.4, -0.2) is 49.6 Å². The lowest BCUT2D eigenvalue weighted by molar-refractivity contribution is -0.139. The first-order valence-corrected chi connectivity index (χ1v) is 6.54. The summed E-state index contributed by atoms with van der Waals surface area (Å²) in [5.41, 5.74) is 1.67. The van der Waals surface area contributed by atoms with E-state index in [1.54, 1.807) is 17.4 Å². The maximum Gasteiger partial charge on any atom is 0.405 e. The van der Waals surface area contributed by atoms with Gasteiger partial charge in [0.05, 0.1) is 13.1 Å². The van der Waals surface area contributed by atoms with Gasteiger partial charge in [-0.2, -0.15) is 13.2 Å². The average Bonchev–Trinajstić information content (AvgIpc) is 2.38. The molecule has 0 bridgehead atoms. The largest absolute Gasteiger partial charge is 0.405 e. The van der Waals surface area contributed by atoms with E-state index in [1.165, 1.54) is 11.9 Å². The number of carbonyl (C=O) groups excluding carboxylic acids is 2. The Morgan fingerprint density at radius 2 is 1.64 bits per heavy atom. The van der Waals surface area contributed by atoms with E-state index in [0.717, 1.165) is 5.56 Å². The monoisotopic (exact) mass is 317 g/mol. The summed E-state index contributed by atoms with van der Waals surface area (Å²) in [6.07, 6.45) is -4.45. The Morgan fingerprint density at radius 3 is 2.18 bits per heavy atom. The van der Waals surface area contributed by atoms with Gasteiger partial charge in [0, 0.05) is 5.69 Å². The van der Waals surface area contributed by atoms with E-state index in [2.05, 4.69) is 5.32 Å². The molecule has 0 saturated carbocycles. The van der Waals surface area contributed by atoms with Crippen LogP contribution in [0.15, 0.2) is 24.3 Å². The fourth-order valence-electron chi connectivity index (χ4n) is 1.64. The van der Waals surface area contributed by atoms with Crippen LogP contribution < -0.4 is 10.6 Å². The van der Waals surface area contributed by atoms with Crippen LogP contribution in [0.3, 0.4) is 0 Å². The number of carbonyl (C=O) groups is 2. The third kappa shape index (κ3) is 7.63. The highest BCUT2D eigenvalue weighted by Crippen LogP contribution is 2.12. The zero-order chi connectivity index (χ0) is 16.8. The SMILES string of the molecule is Cc1ccc(NC(=O)CN(C)CC(=O)NCC(F)(F)F)cc1. The molecule has 0 aliphatic rings. The van der Waals surface area contributed by atoms with Crippen LogP contribution >= 0.6 is 0 Å². The molecule has 1 aromatic rings. The van der Waals surface area contributed by atoms with Gasteiger partial charge in [0.1, 0.15) is 6.54 Å². The number of benzene rings is 1. The molecule has 0 atom stereocenters. The lowest BCUT2D eigenvalue weighted by Gasteiger charge is -2.16. The molecule has 0 heterocycles. The van der Waals surface area contributed by atoms with Crippen molar-refractivity contribution in [2.24, 2.45) is 0 Å². The highest BCUT2D eigenvalue weighted by molar-refractivity contribution is 5.92. The van der Waals surface area contributed by atoms with Crippen LogP contribution in [-0.2, 0) is 9.59 Å². The summed E-state index contributed by atoms with van der Waals surface area (Å²) in [5.74, 6) is -1.14. The minimum atomic E-state index is -4.45. The van der Waals surface area contributed by atoms with Crippen molar-refractivity contribution in [3.63, 3.8) is 0 Å². The number of hydrogen-bond acceptors (Lipinski definition) is 3. The van der Waals surface area contributed by atoms with Crippen LogP contribution in [0.4, 0.5) is 18.9 Å². The van der Waals surface area contributed by atoms with Crippen molar-refractivity contribution in [1.82, 2.24) is 10.2 Å². The van der Waals surface area contributed by atoms with Gasteiger partial charge >= 0.3 is 6.18 Å². The first-order valence-electron chi connectivity index (χ1n) is 6.54. The zero-order valence-electron chi connectivity index (χ0n) is 12.3. The predicted octanol–water partition coefficient (Wildman–Crippen LogP) is 1.54. The summed E-state index contributed by atoms with van der Waals surface area (Å²) in [4.78, 5) is 24.4. The Hall–Kier alpha value is -2.09. The van der Waals surface area contributed by atoms with Crippen molar-refractivity contribution in [2.45, 2.75) is 13.1 Å². The van der Waals surface area contributed by atoms with Gasteiger partial charge in [-0.3, -0.25) is 14.5 Å². The van der Waals surface area contributed by atoms with Crippen LogP contribution in [0, 0.1) is 6.92 Å². The van der Waals surface area contributed by atoms with E-state index in [4.69, 9.17) is 0 Å².